The summed E-state index contributed by atoms with van der Waals surface area (Å²) in [7, 11) is 3.72. The fraction of sp³-hybridized carbons (Fsp3) is 0.333. The summed E-state index contributed by atoms with van der Waals surface area (Å²) in [5, 5.41) is 1.36. The van der Waals surface area contributed by atoms with E-state index < -0.39 is 0 Å². The average molecular weight is 340 g/mol. The van der Waals surface area contributed by atoms with Crippen molar-refractivity contribution < 1.29 is 9.53 Å². The lowest BCUT2D eigenvalue weighted by molar-refractivity contribution is -0.122. The summed E-state index contributed by atoms with van der Waals surface area (Å²) in [5.74, 6) is 0.625. The van der Waals surface area contributed by atoms with Crippen molar-refractivity contribution >= 4 is 34.4 Å². The smallest absolute Gasteiger partial charge is 0.280 e. The van der Waals surface area contributed by atoms with Gasteiger partial charge in [0, 0.05) is 25.3 Å². The number of nitrogens with zero attached hydrogens (tertiary/aromatic N) is 3. The first-order chi connectivity index (χ1) is 10.5. The molecule has 1 aromatic rings. The molecule has 0 radical (unpaired) electrons. The van der Waals surface area contributed by atoms with Crippen LogP contribution in [-0.4, -0.2) is 54.4 Å². The monoisotopic (exact) mass is 339 g/mol. The number of benzene rings is 1. The zero-order chi connectivity index (χ0) is 16.1. The highest BCUT2D eigenvalue weighted by atomic mass is 35.5. The van der Waals surface area contributed by atoms with E-state index in [4.69, 9.17) is 16.3 Å². The summed E-state index contributed by atoms with van der Waals surface area (Å²) < 4.78 is 5.63. The van der Waals surface area contributed by atoms with Crippen LogP contribution in [-0.2, 0) is 4.79 Å². The third-order valence-electron chi connectivity index (χ3n) is 2.87. The number of hydrogen-bond acceptors (Lipinski definition) is 5. The van der Waals surface area contributed by atoms with Gasteiger partial charge in [0.25, 0.3) is 5.91 Å². The van der Waals surface area contributed by atoms with E-state index in [1.807, 2.05) is 25.3 Å². The van der Waals surface area contributed by atoms with Crippen LogP contribution in [0.4, 0.5) is 0 Å². The number of amides is 1. The topological polar surface area (TPSA) is 45.1 Å². The molecule has 22 heavy (non-hydrogen) atoms. The van der Waals surface area contributed by atoms with Gasteiger partial charge in [-0.1, -0.05) is 23.4 Å². The molecule has 1 aliphatic heterocycles. The van der Waals surface area contributed by atoms with Crippen LogP contribution in [0.1, 0.15) is 0 Å². The Labute approximate surface area is 139 Å². The molecule has 0 spiro atoms. The second-order valence-electron chi connectivity index (χ2n) is 4.84. The first-order valence-electron chi connectivity index (χ1n) is 6.72. The highest BCUT2D eigenvalue weighted by Crippen LogP contribution is 2.21. The zero-order valence-electron chi connectivity index (χ0n) is 12.7. The SMILES string of the molecule is CSC1=N/C(=C\N(C)C)C(=O)N1CCOc1ccc(Cl)cc1. The molecule has 1 aromatic carbocycles. The quantitative estimate of drug-likeness (QED) is 0.774. The molecule has 7 heteroatoms. The van der Waals surface area contributed by atoms with Gasteiger partial charge in [-0.2, -0.15) is 0 Å². The van der Waals surface area contributed by atoms with Crippen molar-refractivity contribution in [1.29, 1.82) is 0 Å². The molecule has 2 rings (SSSR count). The zero-order valence-corrected chi connectivity index (χ0v) is 14.3. The largest absolute Gasteiger partial charge is 0.492 e. The van der Waals surface area contributed by atoms with E-state index in [2.05, 4.69) is 4.99 Å². The van der Waals surface area contributed by atoms with Crippen molar-refractivity contribution in [2.45, 2.75) is 0 Å². The van der Waals surface area contributed by atoms with Crippen LogP contribution in [0.15, 0.2) is 41.2 Å². The lowest BCUT2D eigenvalue weighted by Gasteiger charge is -2.17. The van der Waals surface area contributed by atoms with E-state index in [1.165, 1.54) is 11.8 Å². The summed E-state index contributed by atoms with van der Waals surface area (Å²) in [6.45, 7) is 0.841. The number of halogens is 1. The molecule has 0 aromatic heterocycles. The van der Waals surface area contributed by atoms with Gasteiger partial charge in [0.1, 0.15) is 18.1 Å². The van der Waals surface area contributed by atoms with Crippen molar-refractivity contribution in [3.8, 4) is 5.75 Å². The molecule has 0 aliphatic carbocycles. The molecule has 1 heterocycles. The van der Waals surface area contributed by atoms with Crippen molar-refractivity contribution in [3.05, 3.63) is 41.2 Å². The minimum Gasteiger partial charge on any atom is -0.492 e. The van der Waals surface area contributed by atoms with Gasteiger partial charge in [0.15, 0.2) is 5.17 Å². The Kier molecular flexibility index (Phi) is 5.74. The Hall–Kier alpha value is -1.66. The molecule has 0 saturated carbocycles. The number of aliphatic imine (C=N–C) groups is 1. The van der Waals surface area contributed by atoms with Crippen LogP contribution >= 0.6 is 23.4 Å². The second kappa shape index (κ2) is 7.56. The Balaban J connectivity index is 1.96. The van der Waals surface area contributed by atoms with E-state index in [-0.39, 0.29) is 5.91 Å². The molecule has 1 aliphatic rings. The summed E-state index contributed by atoms with van der Waals surface area (Å²) in [6.07, 6.45) is 3.62. The van der Waals surface area contributed by atoms with Gasteiger partial charge in [0.05, 0.1) is 6.54 Å². The molecular weight excluding hydrogens is 322 g/mol. The van der Waals surface area contributed by atoms with Crippen LogP contribution in [0, 0.1) is 0 Å². The van der Waals surface area contributed by atoms with E-state index in [0.717, 1.165) is 5.75 Å². The standard InChI is InChI=1S/C15H18ClN3O2S/c1-18(2)10-13-14(20)19(15(17-13)22-3)8-9-21-12-6-4-11(16)5-7-12/h4-7,10H,8-9H2,1-3H3/b13-10-. The van der Waals surface area contributed by atoms with E-state index in [1.54, 1.807) is 35.4 Å². The van der Waals surface area contributed by atoms with Crippen molar-refractivity contribution in [2.24, 2.45) is 4.99 Å². The highest BCUT2D eigenvalue weighted by Gasteiger charge is 2.29. The predicted octanol–water partition coefficient (Wildman–Crippen LogP) is 2.68. The number of hydrogen-bond donors (Lipinski definition) is 0. The Morgan fingerprint density at radius 3 is 2.64 bits per heavy atom. The molecule has 0 saturated heterocycles. The van der Waals surface area contributed by atoms with E-state index >= 15 is 0 Å². The van der Waals surface area contributed by atoms with Gasteiger partial charge < -0.3 is 9.64 Å². The number of carbonyl (C=O) groups excluding carboxylic acids is 1. The normalized spacial score (nSPS) is 16.2. The van der Waals surface area contributed by atoms with Crippen LogP contribution < -0.4 is 4.74 Å². The number of carbonyl (C=O) groups is 1. The Morgan fingerprint density at radius 1 is 1.36 bits per heavy atom. The van der Waals surface area contributed by atoms with Crippen molar-refractivity contribution in [3.63, 3.8) is 0 Å². The molecule has 0 fully saturated rings. The summed E-state index contributed by atoms with van der Waals surface area (Å²) in [5.41, 5.74) is 0.445. The minimum absolute atomic E-state index is 0.0993. The fourth-order valence-electron chi connectivity index (χ4n) is 1.90. The third kappa shape index (κ3) is 4.18. The first-order valence-corrected chi connectivity index (χ1v) is 8.32. The third-order valence-corrected chi connectivity index (χ3v) is 3.80. The van der Waals surface area contributed by atoms with Crippen molar-refractivity contribution in [2.75, 3.05) is 33.5 Å². The molecule has 0 bridgehead atoms. The van der Waals surface area contributed by atoms with Gasteiger partial charge in [-0.05, 0) is 30.5 Å². The van der Waals surface area contributed by atoms with E-state index in [0.29, 0.717) is 29.0 Å². The summed E-state index contributed by atoms with van der Waals surface area (Å²) >= 11 is 7.27. The predicted molar refractivity (Wildman–Crippen MR) is 91.4 cm³/mol. The molecule has 0 unspecified atom stereocenters. The van der Waals surface area contributed by atoms with Crippen LogP contribution in [0.25, 0.3) is 0 Å². The molecular formula is C15H18ClN3O2S. The lowest BCUT2D eigenvalue weighted by Crippen LogP contribution is -2.34. The first kappa shape index (κ1) is 16.7. The minimum atomic E-state index is -0.0993. The highest BCUT2D eigenvalue weighted by molar-refractivity contribution is 8.13. The molecule has 5 nitrogen and oxygen atoms in total. The van der Waals surface area contributed by atoms with Gasteiger partial charge >= 0.3 is 0 Å². The lowest BCUT2D eigenvalue weighted by atomic mass is 10.3. The van der Waals surface area contributed by atoms with E-state index in [9.17, 15) is 4.79 Å². The fourth-order valence-corrected chi connectivity index (χ4v) is 2.61. The molecule has 0 N–H and O–H groups in total. The van der Waals surface area contributed by atoms with Crippen molar-refractivity contribution in [1.82, 2.24) is 9.80 Å². The number of rotatable bonds is 5. The molecule has 0 atom stereocenters. The van der Waals surface area contributed by atoms with Crippen LogP contribution in [0.5, 0.6) is 5.75 Å². The second-order valence-corrected chi connectivity index (χ2v) is 6.05. The maximum atomic E-state index is 12.3. The maximum absolute atomic E-state index is 12.3. The number of ether oxygens (including phenoxy) is 1. The van der Waals surface area contributed by atoms with Gasteiger partial charge in [0.2, 0.25) is 0 Å². The summed E-state index contributed by atoms with van der Waals surface area (Å²) in [6, 6.07) is 7.14. The molecule has 1 amide bonds. The van der Waals surface area contributed by atoms with Crippen LogP contribution in [0.2, 0.25) is 5.02 Å². The number of thioether (sulfide) groups is 1. The van der Waals surface area contributed by atoms with Crippen LogP contribution in [0.3, 0.4) is 0 Å². The Morgan fingerprint density at radius 2 is 2.05 bits per heavy atom. The van der Waals surface area contributed by atoms with Gasteiger partial charge in [-0.3, -0.25) is 9.69 Å². The molecule has 118 valence electrons. The average Bonchev–Trinajstić information content (AvgIpc) is 2.77. The Bertz CT molecular complexity index is 599. The van der Waals surface area contributed by atoms with Gasteiger partial charge in [-0.15, -0.1) is 0 Å². The van der Waals surface area contributed by atoms with Gasteiger partial charge in [-0.25, -0.2) is 4.99 Å². The summed E-state index contributed by atoms with van der Waals surface area (Å²) in [4.78, 5) is 20.1. The maximum Gasteiger partial charge on any atom is 0.280 e. The number of amidine groups is 1.